The first-order valence-corrected chi connectivity index (χ1v) is 7.73. The lowest BCUT2D eigenvalue weighted by Gasteiger charge is -2.28. The molecule has 2 aromatic rings. The number of carbonyl (C=O) groups is 1. The molecule has 2 heterocycles. The van der Waals surface area contributed by atoms with E-state index in [1.54, 1.807) is 0 Å². The molecule has 1 aromatic carbocycles. The molecule has 3 rings (SSSR count). The quantitative estimate of drug-likeness (QED) is 0.903. The van der Waals surface area contributed by atoms with Crippen LogP contribution in [-0.2, 0) is 0 Å². The molecule has 1 saturated heterocycles. The van der Waals surface area contributed by atoms with Gasteiger partial charge in [0, 0.05) is 23.7 Å². The summed E-state index contributed by atoms with van der Waals surface area (Å²) >= 11 is 1.30. The number of nitrogens with zero attached hydrogens (tertiary/aromatic N) is 3. The number of hydrogen-bond acceptors (Lipinski definition) is 5. The largest absolute Gasteiger partial charge is 0.476 e. The van der Waals surface area contributed by atoms with Crippen molar-refractivity contribution in [1.29, 1.82) is 0 Å². The van der Waals surface area contributed by atoms with Crippen LogP contribution in [0.15, 0.2) is 34.2 Å². The molecule has 0 saturated carbocycles. The fraction of sp³-hybridized carbons (Fsp3) is 0.357. The molecule has 1 aliphatic rings. The second-order valence-corrected chi connectivity index (χ2v) is 6.00. The zero-order chi connectivity index (χ0) is 14.7. The maximum absolute atomic E-state index is 11.0. The van der Waals surface area contributed by atoms with Crippen LogP contribution in [0.3, 0.4) is 0 Å². The van der Waals surface area contributed by atoms with Crippen molar-refractivity contribution in [3.63, 3.8) is 0 Å². The predicted octanol–water partition coefficient (Wildman–Crippen LogP) is 2.64. The molecular formula is C14H16N4O2S. The fourth-order valence-electron chi connectivity index (χ4n) is 2.42. The smallest absolute Gasteiger partial charge is 0.356 e. The van der Waals surface area contributed by atoms with Crippen LogP contribution in [0.5, 0.6) is 0 Å². The zero-order valence-electron chi connectivity index (χ0n) is 11.5. The van der Waals surface area contributed by atoms with Crippen LogP contribution in [0, 0.1) is 0 Å². The van der Waals surface area contributed by atoms with Gasteiger partial charge in [0.2, 0.25) is 0 Å². The normalized spacial score (nSPS) is 15.1. The summed E-state index contributed by atoms with van der Waals surface area (Å²) in [5, 5.41) is 19.2. The van der Waals surface area contributed by atoms with Crippen molar-refractivity contribution in [3.8, 4) is 0 Å². The van der Waals surface area contributed by atoms with Gasteiger partial charge in [-0.05, 0) is 43.5 Å². The van der Waals surface area contributed by atoms with Gasteiger partial charge in [-0.2, -0.15) is 0 Å². The third-order valence-electron chi connectivity index (χ3n) is 3.50. The zero-order valence-corrected chi connectivity index (χ0v) is 12.3. The van der Waals surface area contributed by atoms with Crippen LogP contribution in [0.4, 0.5) is 5.69 Å². The lowest BCUT2D eigenvalue weighted by molar-refractivity contribution is 0.0686. The van der Waals surface area contributed by atoms with E-state index in [2.05, 4.69) is 32.4 Å². The van der Waals surface area contributed by atoms with Crippen LogP contribution >= 0.6 is 11.8 Å². The summed E-state index contributed by atoms with van der Waals surface area (Å²) in [6.45, 7) is 2.22. The predicted molar refractivity (Wildman–Crippen MR) is 80.0 cm³/mol. The molecule has 2 N–H and O–H groups in total. The lowest BCUT2D eigenvalue weighted by atomic mass is 10.1. The number of carboxylic acid groups (broad SMARTS) is 1. The average Bonchev–Trinajstić information content (AvgIpc) is 2.97. The molecule has 0 amide bonds. The number of benzene rings is 1. The molecule has 1 aliphatic heterocycles. The third-order valence-corrected chi connectivity index (χ3v) is 4.49. The van der Waals surface area contributed by atoms with E-state index >= 15 is 0 Å². The Morgan fingerprint density at radius 3 is 2.57 bits per heavy atom. The standard InChI is InChI=1S/C14H16N4O2S/c19-14(20)12-13(16-17-15-12)21-11-6-4-10(5-7-11)18-8-2-1-3-9-18/h4-7H,1-3,8-9H2,(H,19,20)(H,15,16,17). The van der Waals surface area contributed by atoms with Crippen LogP contribution in [0.1, 0.15) is 29.8 Å². The van der Waals surface area contributed by atoms with E-state index in [1.807, 2.05) is 12.1 Å². The van der Waals surface area contributed by atoms with Gasteiger partial charge in [0.1, 0.15) is 0 Å². The highest BCUT2D eigenvalue weighted by atomic mass is 32.2. The maximum atomic E-state index is 11.0. The second-order valence-electron chi connectivity index (χ2n) is 4.94. The maximum Gasteiger partial charge on any atom is 0.356 e. The summed E-state index contributed by atoms with van der Waals surface area (Å²) in [6.07, 6.45) is 3.81. The summed E-state index contributed by atoms with van der Waals surface area (Å²) in [6, 6.07) is 8.15. The highest BCUT2D eigenvalue weighted by Gasteiger charge is 2.16. The number of aromatic amines is 1. The Kier molecular flexibility index (Phi) is 4.10. The van der Waals surface area contributed by atoms with Gasteiger partial charge in [-0.15, -0.1) is 5.10 Å². The molecule has 0 bridgehead atoms. The van der Waals surface area contributed by atoms with Gasteiger partial charge in [0.25, 0.3) is 0 Å². The number of rotatable bonds is 4. The minimum absolute atomic E-state index is 0.0279. The Morgan fingerprint density at radius 2 is 1.90 bits per heavy atom. The number of nitrogens with one attached hydrogen (secondary N) is 1. The SMILES string of the molecule is O=C(O)c1[nH]nnc1Sc1ccc(N2CCCCC2)cc1. The van der Waals surface area contributed by atoms with Crippen molar-refractivity contribution in [2.24, 2.45) is 0 Å². The van der Waals surface area contributed by atoms with Crippen LogP contribution in [0.2, 0.25) is 0 Å². The average molecular weight is 304 g/mol. The number of hydrogen-bond donors (Lipinski definition) is 2. The molecule has 0 atom stereocenters. The van der Waals surface area contributed by atoms with Crippen LogP contribution < -0.4 is 4.90 Å². The molecule has 7 heteroatoms. The first-order chi connectivity index (χ1) is 10.2. The first kappa shape index (κ1) is 13.9. The van der Waals surface area contributed by atoms with Crippen molar-refractivity contribution < 1.29 is 9.90 Å². The number of aromatic carboxylic acids is 1. The van der Waals surface area contributed by atoms with E-state index in [1.165, 1.54) is 36.7 Å². The van der Waals surface area contributed by atoms with Gasteiger partial charge in [-0.25, -0.2) is 4.79 Å². The van der Waals surface area contributed by atoms with Gasteiger partial charge in [0.15, 0.2) is 10.7 Å². The Hall–Kier alpha value is -2.02. The van der Waals surface area contributed by atoms with Crippen molar-refractivity contribution in [2.75, 3.05) is 18.0 Å². The summed E-state index contributed by atoms with van der Waals surface area (Å²) in [5.41, 5.74) is 1.25. The minimum atomic E-state index is -1.05. The molecule has 0 aliphatic carbocycles. The van der Waals surface area contributed by atoms with Crippen molar-refractivity contribution in [1.82, 2.24) is 15.4 Å². The minimum Gasteiger partial charge on any atom is -0.476 e. The van der Waals surface area contributed by atoms with E-state index < -0.39 is 5.97 Å². The molecular weight excluding hydrogens is 288 g/mol. The molecule has 21 heavy (non-hydrogen) atoms. The molecule has 110 valence electrons. The van der Waals surface area contributed by atoms with Gasteiger partial charge >= 0.3 is 5.97 Å². The Balaban J connectivity index is 1.72. The molecule has 1 fully saturated rings. The van der Waals surface area contributed by atoms with Crippen LogP contribution in [0.25, 0.3) is 0 Å². The number of anilines is 1. The van der Waals surface area contributed by atoms with Crippen molar-refractivity contribution >= 4 is 23.4 Å². The monoisotopic (exact) mass is 304 g/mol. The fourth-order valence-corrected chi connectivity index (χ4v) is 3.23. The number of piperidine rings is 1. The summed E-state index contributed by atoms with van der Waals surface area (Å²) < 4.78 is 0. The van der Waals surface area contributed by atoms with E-state index in [0.717, 1.165) is 18.0 Å². The summed E-state index contributed by atoms with van der Waals surface area (Å²) in [4.78, 5) is 14.3. The lowest BCUT2D eigenvalue weighted by Crippen LogP contribution is -2.29. The van der Waals surface area contributed by atoms with Gasteiger partial charge < -0.3 is 10.0 Å². The van der Waals surface area contributed by atoms with E-state index in [4.69, 9.17) is 5.11 Å². The summed E-state index contributed by atoms with van der Waals surface area (Å²) in [7, 11) is 0. The summed E-state index contributed by atoms with van der Waals surface area (Å²) in [5.74, 6) is -1.05. The molecule has 0 unspecified atom stereocenters. The topological polar surface area (TPSA) is 82.1 Å². The first-order valence-electron chi connectivity index (χ1n) is 6.91. The Morgan fingerprint density at radius 1 is 1.19 bits per heavy atom. The van der Waals surface area contributed by atoms with Crippen molar-refractivity contribution in [3.05, 3.63) is 30.0 Å². The highest BCUT2D eigenvalue weighted by molar-refractivity contribution is 7.99. The van der Waals surface area contributed by atoms with Gasteiger partial charge in [-0.3, -0.25) is 5.10 Å². The number of H-pyrrole nitrogens is 1. The van der Waals surface area contributed by atoms with Gasteiger partial charge in [0.05, 0.1) is 0 Å². The Bertz CT molecular complexity index is 620. The number of carboxylic acids is 1. The second kappa shape index (κ2) is 6.17. The van der Waals surface area contributed by atoms with Crippen molar-refractivity contribution in [2.45, 2.75) is 29.2 Å². The Labute approximate surface area is 126 Å². The molecule has 6 nitrogen and oxygen atoms in total. The third kappa shape index (κ3) is 3.18. The van der Waals surface area contributed by atoms with E-state index in [9.17, 15) is 4.79 Å². The number of aromatic nitrogens is 3. The van der Waals surface area contributed by atoms with Crippen LogP contribution in [-0.4, -0.2) is 39.6 Å². The van der Waals surface area contributed by atoms with E-state index in [0.29, 0.717) is 5.03 Å². The molecule has 1 aromatic heterocycles. The molecule has 0 radical (unpaired) electrons. The highest BCUT2D eigenvalue weighted by Crippen LogP contribution is 2.30. The molecule has 0 spiro atoms. The van der Waals surface area contributed by atoms with Gasteiger partial charge in [-0.1, -0.05) is 17.0 Å². The van der Waals surface area contributed by atoms with E-state index in [-0.39, 0.29) is 5.69 Å².